The van der Waals surface area contributed by atoms with E-state index in [0.29, 0.717) is 0 Å². The number of aromatic nitrogens is 2. The number of carbonyl (C=O) groups is 1. The third-order valence-electron chi connectivity index (χ3n) is 6.12. The lowest BCUT2D eigenvalue weighted by Crippen LogP contribution is -2.51. The van der Waals surface area contributed by atoms with Gasteiger partial charge in [0.25, 0.3) is 5.91 Å². The van der Waals surface area contributed by atoms with Crippen LogP contribution in [0.5, 0.6) is 0 Å². The number of fused-ring (bicyclic) bond motifs is 1. The lowest BCUT2D eigenvalue weighted by atomic mass is 9.87. The first-order valence-corrected chi connectivity index (χ1v) is 11.4. The number of imidazole rings is 1. The van der Waals surface area contributed by atoms with Crippen molar-refractivity contribution in [2.24, 2.45) is 5.41 Å². The fourth-order valence-corrected chi connectivity index (χ4v) is 4.25. The Labute approximate surface area is 195 Å². The van der Waals surface area contributed by atoms with Crippen molar-refractivity contribution in [1.29, 1.82) is 0 Å². The normalized spacial score (nSPS) is 12.8. The maximum Gasteiger partial charge on any atom is 0.262 e. The van der Waals surface area contributed by atoms with E-state index in [1.165, 1.54) is 11.1 Å². The minimum atomic E-state index is -0.305. The minimum Gasteiger partial charge on any atom is -0.394 e. The number of carbonyl (C=O) groups excluding carboxylic acids is 1. The molecule has 5 nitrogen and oxygen atoms in total. The molecule has 0 saturated carbocycles. The predicted molar refractivity (Wildman–Crippen MR) is 131 cm³/mol. The van der Waals surface area contributed by atoms with Crippen LogP contribution in [0, 0.1) is 5.41 Å². The van der Waals surface area contributed by atoms with Gasteiger partial charge in [0.2, 0.25) is 6.33 Å². The van der Waals surface area contributed by atoms with Crippen molar-refractivity contribution in [2.45, 2.75) is 39.4 Å². The van der Waals surface area contributed by atoms with Crippen LogP contribution in [0.25, 0.3) is 11.0 Å². The Kier molecular flexibility index (Phi) is 6.61. The van der Waals surface area contributed by atoms with E-state index in [0.717, 1.165) is 11.0 Å². The summed E-state index contributed by atoms with van der Waals surface area (Å²) in [5, 5.41) is 12.8. The number of para-hydroxylation sites is 2. The van der Waals surface area contributed by atoms with Crippen molar-refractivity contribution in [1.82, 2.24) is 9.88 Å². The summed E-state index contributed by atoms with van der Waals surface area (Å²) in [5.41, 5.74) is 4.16. The number of amides is 1. The van der Waals surface area contributed by atoms with Crippen LogP contribution in [0.2, 0.25) is 0 Å². The Morgan fingerprint density at radius 1 is 0.909 bits per heavy atom. The zero-order valence-corrected chi connectivity index (χ0v) is 19.5. The highest BCUT2D eigenvalue weighted by Gasteiger charge is 2.29. The molecule has 0 aliphatic heterocycles. The second kappa shape index (κ2) is 9.59. The molecule has 4 aromatic rings. The Balaban J connectivity index is 1.76. The molecule has 3 aromatic carbocycles. The highest BCUT2D eigenvalue weighted by atomic mass is 16.3. The molecule has 5 heteroatoms. The van der Waals surface area contributed by atoms with Crippen LogP contribution in [0.3, 0.4) is 0 Å². The van der Waals surface area contributed by atoms with Crippen LogP contribution >= 0.6 is 0 Å². The average Bonchev–Trinajstić information content (AvgIpc) is 3.16. The lowest BCUT2D eigenvalue weighted by molar-refractivity contribution is -0.659. The van der Waals surface area contributed by atoms with Crippen molar-refractivity contribution in [3.8, 4) is 0 Å². The minimum absolute atomic E-state index is 0.0265. The number of benzene rings is 3. The topological polar surface area (TPSA) is 58.1 Å². The van der Waals surface area contributed by atoms with Gasteiger partial charge in [-0.25, -0.2) is 9.13 Å². The number of hydrogen-bond acceptors (Lipinski definition) is 2. The summed E-state index contributed by atoms with van der Waals surface area (Å²) in [5.74, 6) is -0.118. The fourth-order valence-electron chi connectivity index (χ4n) is 4.25. The van der Waals surface area contributed by atoms with Gasteiger partial charge < -0.3 is 10.4 Å². The fraction of sp³-hybridized carbons (Fsp3) is 0.286. The standard InChI is InChI=1S/C28H31N3O2/c1-28(2,3)25(19-32)29-26(33)18-30-20-31(24-17-11-10-16-23(24)30)27(21-12-6-4-7-13-21)22-14-8-5-9-15-22/h4-17,20,25,27,32H,18-19H2,1-3H3/p+1/t25-/m1/s1. The largest absolute Gasteiger partial charge is 0.394 e. The van der Waals surface area contributed by atoms with Gasteiger partial charge in [-0.15, -0.1) is 0 Å². The summed E-state index contributed by atoms with van der Waals surface area (Å²) in [6, 6.07) is 28.6. The van der Waals surface area contributed by atoms with E-state index in [-0.39, 0.29) is 36.6 Å². The number of nitrogens with one attached hydrogen (secondary N) is 1. The Hall–Kier alpha value is -3.44. The van der Waals surface area contributed by atoms with Crippen LogP contribution in [-0.2, 0) is 11.3 Å². The van der Waals surface area contributed by atoms with Gasteiger partial charge >= 0.3 is 0 Å². The predicted octanol–water partition coefficient (Wildman–Crippen LogP) is 4.09. The van der Waals surface area contributed by atoms with E-state index in [1.807, 2.05) is 62.0 Å². The molecule has 1 aromatic heterocycles. The molecule has 1 heterocycles. The van der Waals surface area contributed by atoms with Gasteiger partial charge in [0, 0.05) is 11.1 Å². The molecular weight excluding hydrogens is 410 g/mol. The van der Waals surface area contributed by atoms with E-state index in [1.54, 1.807) is 0 Å². The van der Waals surface area contributed by atoms with Crippen LogP contribution in [0.4, 0.5) is 0 Å². The van der Waals surface area contributed by atoms with Crippen molar-refractivity contribution < 1.29 is 14.5 Å². The highest BCUT2D eigenvalue weighted by molar-refractivity contribution is 5.77. The molecule has 0 radical (unpaired) electrons. The lowest BCUT2D eigenvalue weighted by Gasteiger charge is -2.29. The van der Waals surface area contributed by atoms with Gasteiger partial charge in [-0.2, -0.15) is 0 Å². The van der Waals surface area contributed by atoms with E-state index in [9.17, 15) is 9.90 Å². The number of hydrogen-bond donors (Lipinski definition) is 2. The summed E-state index contributed by atoms with van der Waals surface area (Å²) < 4.78 is 4.22. The summed E-state index contributed by atoms with van der Waals surface area (Å²) in [4.78, 5) is 12.9. The molecule has 1 atom stereocenters. The molecule has 4 rings (SSSR count). The molecule has 0 unspecified atom stereocenters. The summed E-state index contributed by atoms with van der Waals surface area (Å²) in [6.45, 7) is 6.12. The highest BCUT2D eigenvalue weighted by Crippen LogP contribution is 2.29. The van der Waals surface area contributed by atoms with E-state index in [2.05, 4.69) is 64.5 Å². The van der Waals surface area contributed by atoms with Crippen molar-refractivity contribution >= 4 is 16.9 Å². The zero-order valence-electron chi connectivity index (χ0n) is 19.5. The van der Waals surface area contributed by atoms with Gasteiger partial charge in [0.05, 0.1) is 12.6 Å². The second-order valence-electron chi connectivity index (χ2n) is 9.53. The maximum atomic E-state index is 12.9. The molecule has 0 saturated heterocycles. The van der Waals surface area contributed by atoms with E-state index in [4.69, 9.17) is 0 Å². The molecule has 0 aliphatic carbocycles. The zero-order chi connectivity index (χ0) is 23.4. The second-order valence-corrected chi connectivity index (χ2v) is 9.53. The SMILES string of the molecule is CC(C)(C)[C@@H](CO)NC(=O)C[n+]1cn(C(c2ccccc2)c2ccccc2)c2ccccc21. The Morgan fingerprint density at radius 3 is 2.00 bits per heavy atom. The number of aliphatic hydroxyl groups excluding tert-OH is 1. The molecule has 0 fully saturated rings. The Bertz CT molecular complexity index is 1170. The Morgan fingerprint density at radius 2 is 1.45 bits per heavy atom. The monoisotopic (exact) mass is 442 g/mol. The van der Waals surface area contributed by atoms with Gasteiger partial charge in [0.1, 0.15) is 0 Å². The summed E-state index contributed by atoms with van der Waals surface area (Å²) >= 11 is 0. The third kappa shape index (κ3) is 4.99. The van der Waals surface area contributed by atoms with Gasteiger partial charge in [0.15, 0.2) is 23.6 Å². The van der Waals surface area contributed by atoms with Crippen LogP contribution in [0.1, 0.15) is 37.9 Å². The van der Waals surface area contributed by atoms with E-state index < -0.39 is 0 Å². The molecule has 1 amide bonds. The number of rotatable bonds is 7. The van der Waals surface area contributed by atoms with Gasteiger partial charge in [-0.3, -0.25) is 4.79 Å². The first-order chi connectivity index (χ1) is 15.9. The molecule has 2 N–H and O–H groups in total. The molecule has 0 spiro atoms. The van der Waals surface area contributed by atoms with E-state index >= 15 is 0 Å². The van der Waals surface area contributed by atoms with Crippen molar-refractivity contribution in [2.75, 3.05) is 6.61 Å². The van der Waals surface area contributed by atoms with Crippen molar-refractivity contribution in [3.05, 3.63) is 102 Å². The molecule has 170 valence electrons. The molecule has 33 heavy (non-hydrogen) atoms. The van der Waals surface area contributed by atoms with Crippen LogP contribution in [-0.4, -0.2) is 28.2 Å². The van der Waals surface area contributed by atoms with Gasteiger partial charge in [-0.05, 0) is 17.5 Å². The van der Waals surface area contributed by atoms with Gasteiger partial charge in [-0.1, -0.05) is 93.6 Å². The molecule has 0 bridgehead atoms. The third-order valence-corrected chi connectivity index (χ3v) is 6.12. The quantitative estimate of drug-likeness (QED) is 0.424. The van der Waals surface area contributed by atoms with Crippen LogP contribution < -0.4 is 9.88 Å². The van der Waals surface area contributed by atoms with Crippen LogP contribution in [0.15, 0.2) is 91.3 Å². The average molecular weight is 443 g/mol. The smallest absolute Gasteiger partial charge is 0.262 e. The first-order valence-electron chi connectivity index (χ1n) is 11.4. The molecule has 0 aliphatic rings. The number of aliphatic hydroxyl groups is 1. The first kappa shape index (κ1) is 22.7. The number of nitrogens with zero attached hydrogens (tertiary/aromatic N) is 2. The maximum absolute atomic E-state index is 12.9. The summed E-state index contributed by atoms with van der Waals surface area (Å²) in [6.07, 6.45) is 2.03. The molecular formula is C28H32N3O2+. The summed E-state index contributed by atoms with van der Waals surface area (Å²) in [7, 11) is 0. The van der Waals surface area contributed by atoms with Crippen molar-refractivity contribution in [3.63, 3.8) is 0 Å².